The van der Waals surface area contributed by atoms with Gasteiger partial charge in [0.25, 0.3) is 5.91 Å². The zero-order chi connectivity index (χ0) is 19.6. The van der Waals surface area contributed by atoms with Gasteiger partial charge in [-0.3, -0.25) is 9.59 Å². The van der Waals surface area contributed by atoms with Crippen molar-refractivity contribution in [2.45, 2.75) is 32.4 Å². The van der Waals surface area contributed by atoms with Crippen molar-refractivity contribution < 1.29 is 19.1 Å². The molecule has 2 aromatic carbocycles. The minimum absolute atomic E-state index is 0.0166. The number of nitrogens with one attached hydrogen (secondary N) is 1. The van der Waals surface area contributed by atoms with Crippen LogP contribution in [0.2, 0.25) is 0 Å². The summed E-state index contributed by atoms with van der Waals surface area (Å²) >= 11 is 0. The van der Waals surface area contributed by atoms with Gasteiger partial charge in [0.1, 0.15) is 11.8 Å². The topological polar surface area (TPSA) is 88.4 Å². The number of hydrogen-bond donors (Lipinski definition) is 1. The third-order valence-electron chi connectivity index (χ3n) is 3.64. The molecule has 0 spiro atoms. The quantitative estimate of drug-likeness (QED) is 0.725. The van der Waals surface area contributed by atoms with Gasteiger partial charge in [0.05, 0.1) is 24.1 Å². The fraction of sp³-hybridized carbons (Fsp3) is 0.286. The monoisotopic (exact) mass is 366 g/mol. The average Bonchev–Trinajstić information content (AvgIpc) is 2.66. The molecule has 0 aliphatic heterocycles. The Labute approximate surface area is 158 Å². The first kappa shape index (κ1) is 20.0. The molecule has 6 nitrogen and oxygen atoms in total. The number of amides is 1. The normalized spacial score (nSPS) is 11.3. The van der Waals surface area contributed by atoms with Crippen LogP contribution >= 0.6 is 0 Å². The Morgan fingerprint density at radius 2 is 1.74 bits per heavy atom. The molecule has 0 saturated carbocycles. The first-order valence-corrected chi connectivity index (χ1v) is 8.65. The third-order valence-corrected chi connectivity index (χ3v) is 3.64. The Morgan fingerprint density at radius 3 is 2.41 bits per heavy atom. The fourth-order valence-electron chi connectivity index (χ4n) is 2.48. The lowest BCUT2D eigenvalue weighted by atomic mass is 10.0. The standard InChI is InChI=1S/C21H22N2O4/c1-15(2)27-21(25)12-18(16-8-4-3-5-9-16)23-20(24)14-26-19-11-7-6-10-17(19)13-22/h3-11,15,18H,12,14H2,1-2H3,(H,23,24). The number of benzene rings is 2. The summed E-state index contributed by atoms with van der Waals surface area (Å²) in [5, 5.41) is 11.9. The maximum Gasteiger partial charge on any atom is 0.308 e. The number of carbonyl (C=O) groups is 2. The molecule has 1 amide bonds. The second-order valence-electron chi connectivity index (χ2n) is 6.17. The summed E-state index contributed by atoms with van der Waals surface area (Å²) in [7, 11) is 0. The number of rotatable bonds is 8. The van der Waals surface area contributed by atoms with Crippen molar-refractivity contribution in [3.63, 3.8) is 0 Å². The van der Waals surface area contributed by atoms with Crippen LogP contribution in [-0.4, -0.2) is 24.6 Å². The van der Waals surface area contributed by atoms with E-state index in [-0.39, 0.29) is 19.1 Å². The Bertz CT molecular complexity index is 812. The van der Waals surface area contributed by atoms with Crippen LogP contribution in [0.4, 0.5) is 0 Å². The Hall–Kier alpha value is -3.33. The number of nitrogens with zero attached hydrogens (tertiary/aromatic N) is 1. The van der Waals surface area contributed by atoms with E-state index in [0.717, 1.165) is 5.56 Å². The van der Waals surface area contributed by atoms with E-state index < -0.39 is 17.9 Å². The van der Waals surface area contributed by atoms with Gasteiger partial charge in [-0.05, 0) is 31.5 Å². The maximum absolute atomic E-state index is 12.3. The van der Waals surface area contributed by atoms with Crippen molar-refractivity contribution in [1.29, 1.82) is 5.26 Å². The van der Waals surface area contributed by atoms with Gasteiger partial charge in [-0.1, -0.05) is 42.5 Å². The predicted octanol–water partition coefficient (Wildman–Crippen LogP) is 3.14. The van der Waals surface area contributed by atoms with E-state index in [1.165, 1.54) is 0 Å². The van der Waals surface area contributed by atoms with Gasteiger partial charge >= 0.3 is 5.97 Å². The van der Waals surface area contributed by atoms with E-state index in [0.29, 0.717) is 11.3 Å². The largest absolute Gasteiger partial charge is 0.482 e. The SMILES string of the molecule is CC(C)OC(=O)CC(NC(=O)COc1ccccc1C#N)c1ccccc1. The zero-order valence-corrected chi connectivity index (χ0v) is 15.3. The number of hydrogen-bond acceptors (Lipinski definition) is 5. The van der Waals surface area contributed by atoms with Crippen LogP contribution in [0.3, 0.4) is 0 Å². The van der Waals surface area contributed by atoms with Crippen LogP contribution in [0.1, 0.15) is 37.4 Å². The van der Waals surface area contributed by atoms with Crippen LogP contribution in [0.15, 0.2) is 54.6 Å². The maximum atomic E-state index is 12.3. The summed E-state index contributed by atoms with van der Waals surface area (Å²) in [6.07, 6.45) is -0.210. The number of para-hydroxylation sites is 1. The number of nitriles is 1. The van der Waals surface area contributed by atoms with Gasteiger partial charge < -0.3 is 14.8 Å². The molecule has 0 fully saturated rings. The second-order valence-corrected chi connectivity index (χ2v) is 6.17. The highest BCUT2D eigenvalue weighted by molar-refractivity contribution is 5.79. The van der Waals surface area contributed by atoms with Crippen molar-refractivity contribution >= 4 is 11.9 Å². The highest BCUT2D eigenvalue weighted by Crippen LogP contribution is 2.19. The van der Waals surface area contributed by atoms with Crippen LogP contribution in [0.5, 0.6) is 5.75 Å². The molecule has 1 N–H and O–H groups in total. The molecule has 0 aromatic heterocycles. The van der Waals surface area contributed by atoms with Crippen LogP contribution in [0, 0.1) is 11.3 Å². The van der Waals surface area contributed by atoms with Gasteiger partial charge in [-0.2, -0.15) is 5.26 Å². The molecule has 0 bridgehead atoms. The Morgan fingerprint density at radius 1 is 1.07 bits per heavy atom. The first-order valence-electron chi connectivity index (χ1n) is 8.65. The Balaban J connectivity index is 2.02. The van der Waals surface area contributed by atoms with Crippen molar-refractivity contribution in [2.75, 3.05) is 6.61 Å². The van der Waals surface area contributed by atoms with Gasteiger partial charge in [0.2, 0.25) is 0 Å². The minimum atomic E-state index is -0.528. The van der Waals surface area contributed by atoms with Crippen molar-refractivity contribution in [1.82, 2.24) is 5.32 Å². The first-order chi connectivity index (χ1) is 13.0. The van der Waals surface area contributed by atoms with Crippen LogP contribution in [-0.2, 0) is 14.3 Å². The van der Waals surface area contributed by atoms with E-state index >= 15 is 0 Å². The lowest BCUT2D eigenvalue weighted by molar-refractivity contribution is -0.148. The molecular weight excluding hydrogens is 344 g/mol. The van der Waals surface area contributed by atoms with Gasteiger partial charge in [0, 0.05) is 0 Å². The van der Waals surface area contributed by atoms with E-state index in [1.54, 1.807) is 38.1 Å². The summed E-state index contributed by atoms with van der Waals surface area (Å²) in [4.78, 5) is 24.4. The van der Waals surface area contributed by atoms with Crippen molar-refractivity contribution in [3.8, 4) is 11.8 Å². The molecule has 27 heavy (non-hydrogen) atoms. The summed E-state index contributed by atoms with van der Waals surface area (Å²) in [5.74, 6) is -0.450. The molecular formula is C21H22N2O4. The van der Waals surface area contributed by atoms with E-state index in [9.17, 15) is 9.59 Å². The average molecular weight is 366 g/mol. The lowest BCUT2D eigenvalue weighted by Crippen LogP contribution is -2.34. The Kier molecular flexibility index (Phi) is 7.38. The van der Waals surface area contributed by atoms with E-state index in [4.69, 9.17) is 14.7 Å². The highest BCUT2D eigenvalue weighted by atomic mass is 16.5. The molecule has 2 aromatic rings. The molecule has 6 heteroatoms. The smallest absolute Gasteiger partial charge is 0.308 e. The number of ether oxygens (including phenoxy) is 2. The third kappa shape index (κ3) is 6.48. The van der Waals surface area contributed by atoms with Gasteiger partial charge in [-0.25, -0.2) is 0 Å². The van der Waals surface area contributed by atoms with E-state index in [1.807, 2.05) is 36.4 Å². The molecule has 140 valence electrons. The fourth-order valence-corrected chi connectivity index (χ4v) is 2.48. The second kappa shape index (κ2) is 9.97. The van der Waals surface area contributed by atoms with Gasteiger partial charge in [-0.15, -0.1) is 0 Å². The van der Waals surface area contributed by atoms with Gasteiger partial charge in [0.15, 0.2) is 6.61 Å². The molecule has 0 radical (unpaired) electrons. The molecule has 0 aliphatic carbocycles. The zero-order valence-electron chi connectivity index (χ0n) is 15.3. The molecule has 0 heterocycles. The number of carbonyl (C=O) groups excluding carboxylic acids is 2. The van der Waals surface area contributed by atoms with Crippen molar-refractivity contribution in [3.05, 3.63) is 65.7 Å². The number of esters is 1. The molecule has 0 aliphatic rings. The lowest BCUT2D eigenvalue weighted by Gasteiger charge is -2.19. The van der Waals surface area contributed by atoms with E-state index in [2.05, 4.69) is 5.32 Å². The summed E-state index contributed by atoms with van der Waals surface area (Å²) in [6.45, 7) is 3.28. The summed E-state index contributed by atoms with van der Waals surface area (Å²) < 4.78 is 10.6. The van der Waals surface area contributed by atoms with Crippen LogP contribution in [0.25, 0.3) is 0 Å². The predicted molar refractivity (Wildman–Crippen MR) is 99.8 cm³/mol. The van der Waals surface area contributed by atoms with Crippen LogP contribution < -0.4 is 10.1 Å². The summed E-state index contributed by atoms with van der Waals surface area (Å²) in [5.41, 5.74) is 1.15. The highest BCUT2D eigenvalue weighted by Gasteiger charge is 2.20. The molecule has 0 saturated heterocycles. The minimum Gasteiger partial charge on any atom is -0.482 e. The summed E-state index contributed by atoms with van der Waals surface area (Å²) in [6, 6.07) is 17.4. The van der Waals surface area contributed by atoms with Crippen molar-refractivity contribution in [2.24, 2.45) is 0 Å². The molecule has 1 atom stereocenters. The molecule has 2 rings (SSSR count). The molecule has 1 unspecified atom stereocenters.